The summed E-state index contributed by atoms with van der Waals surface area (Å²) in [5, 5.41) is 11.7. The van der Waals surface area contributed by atoms with Crippen molar-refractivity contribution in [3.05, 3.63) is 64.2 Å². The molecule has 0 aliphatic heterocycles. The van der Waals surface area contributed by atoms with Crippen LogP contribution in [-0.2, 0) is 16.6 Å². The molecule has 0 atom stereocenters. The number of aromatic nitrogens is 2. The van der Waals surface area contributed by atoms with E-state index in [4.69, 9.17) is 4.74 Å². The van der Waals surface area contributed by atoms with Gasteiger partial charge in [0.1, 0.15) is 10.8 Å². The van der Waals surface area contributed by atoms with Crippen molar-refractivity contribution in [3.8, 4) is 5.75 Å². The van der Waals surface area contributed by atoms with Crippen LogP contribution >= 0.6 is 11.3 Å². The summed E-state index contributed by atoms with van der Waals surface area (Å²) in [5.41, 5.74) is 2.16. The number of aryl methyl sites for hydroxylation is 1. The molecule has 31 heavy (non-hydrogen) atoms. The van der Waals surface area contributed by atoms with E-state index in [9.17, 15) is 13.2 Å². The van der Waals surface area contributed by atoms with Gasteiger partial charge in [-0.25, -0.2) is 8.42 Å². The van der Waals surface area contributed by atoms with Crippen LogP contribution in [0.15, 0.2) is 47.4 Å². The summed E-state index contributed by atoms with van der Waals surface area (Å²) in [7, 11) is -2.26. The molecule has 10 heteroatoms. The van der Waals surface area contributed by atoms with Gasteiger partial charge in [-0.15, -0.1) is 10.2 Å². The van der Waals surface area contributed by atoms with E-state index < -0.39 is 10.0 Å². The van der Waals surface area contributed by atoms with Crippen LogP contribution in [0, 0.1) is 6.92 Å². The molecule has 164 valence electrons. The van der Waals surface area contributed by atoms with Gasteiger partial charge < -0.3 is 10.1 Å². The zero-order valence-electron chi connectivity index (χ0n) is 17.7. The molecule has 2 N–H and O–H groups in total. The Bertz CT molecular complexity index is 1170. The van der Waals surface area contributed by atoms with E-state index in [0.29, 0.717) is 11.3 Å². The molecule has 0 aliphatic rings. The largest absolute Gasteiger partial charge is 0.496 e. The molecule has 3 aromatic rings. The fourth-order valence-electron chi connectivity index (χ4n) is 2.75. The Morgan fingerprint density at radius 3 is 2.45 bits per heavy atom. The number of carbonyl (C=O) groups is 1. The summed E-state index contributed by atoms with van der Waals surface area (Å²) in [6, 6.07) is 11.7. The SMILES string of the molecule is COc1ccc(C)cc1C(=O)NCc1ccc(S(=O)(=O)Nc2nnc(C(C)C)s2)cc1. The predicted octanol–water partition coefficient (Wildman–Crippen LogP) is 3.71. The van der Waals surface area contributed by atoms with Crippen molar-refractivity contribution in [2.24, 2.45) is 0 Å². The molecule has 0 spiro atoms. The summed E-state index contributed by atoms with van der Waals surface area (Å²) in [6.07, 6.45) is 0. The zero-order valence-corrected chi connectivity index (χ0v) is 19.3. The number of rotatable bonds is 8. The lowest BCUT2D eigenvalue weighted by atomic mass is 10.1. The third-order valence-electron chi connectivity index (χ3n) is 4.44. The van der Waals surface area contributed by atoms with Gasteiger partial charge in [0, 0.05) is 12.5 Å². The second kappa shape index (κ2) is 9.44. The number of amides is 1. The van der Waals surface area contributed by atoms with E-state index in [2.05, 4.69) is 20.2 Å². The third-order valence-corrected chi connectivity index (χ3v) is 7.07. The summed E-state index contributed by atoms with van der Waals surface area (Å²) in [5.74, 6) is 0.397. The minimum atomic E-state index is -3.78. The number of anilines is 1. The quantitative estimate of drug-likeness (QED) is 0.530. The van der Waals surface area contributed by atoms with Gasteiger partial charge in [0.25, 0.3) is 15.9 Å². The molecule has 0 radical (unpaired) electrons. The van der Waals surface area contributed by atoms with Crippen molar-refractivity contribution in [1.29, 1.82) is 0 Å². The minimum Gasteiger partial charge on any atom is -0.496 e. The van der Waals surface area contributed by atoms with Gasteiger partial charge in [-0.05, 0) is 36.8 Å². The second-order valence-electron chi connectivity index (χ2n) is 7.24. The maximum absolute atomic E-state index is 12.6. The Morgan fingerprint density at radius 1 is 1.13 bits per heavy atom. The summed E-state index contributed by atoms with van der Waals surface area (Å²) >= 11 is 1.21. The zero-order chi connectivity index (χ0) is 22.6. The van der Waals surface area contributed by atoms with Crippen LogP contribution < -0.4 is 14.8 Å². The standard InChI is InChI=1S/C21H24N4O4S2/c1-13(2)20-23-24-21(30-20)25-31(27,28)16-8-6-15(7-9-16)12-22-19(26)17-11-14(3)5-10-18(17)29-4/h5-11,13H,12H2,1-4H3,(H,22,26)(H,24,25). The maximum Gasteiger partial charge on any atom is 0.263 e. The normalized spacial score (nSPS) is 11.4. The minimum absolute atomic E-state index is 0.101. The van der Waals surface area contributed by atoms with Crippen molar-refractivity contribution in [3.63, 3.8) is 0 Å². The van der Waals surface area contributed by atoms with Gasteiger partial charge in [-0.2, -0.15) is 0 Å². The van der Waals surface area contributed by atoms with Crippen LogP contribution in [0.5, 0.6) is 5.75 Å². The third kappa shape index (κ3) is 5.59. The first kappa shape index (κ1) is 22.7. The van der Waals surface area contributed by atoms with Crippen molar-refractivity contribution in [2.45, 2.75) is 38.1 Å². The van der Waals surface area contributed by atoms with Gasteiger partial charge in [0.05, 0.1) is 17.6 Å². The van der Waals surface area contributed by atoms with E-state index in [-0.39, 0.29) is 28.4 Å². The van der Waals surface area contributed by atoms with Crippen molar-refractivity contribution in [1.82, 2.24) is 15.5 Å². The van der Waals surface area contributed by atoms with Crippen molar-refractivity contribution in [2.75, 3.05) is 11.8 Å². The van der Waals surface area contributed by atoms with Crippen LogP contribution in [0.2, 0.25) is 0 Å². The molecule has 2 aromatic carbocycles. The van der Waals surface area contributed by atoms with Crippen molar-refractivity contribution < 1.29 is 17.9 Å². The van der Waals surface area contributed by atoms with Crippen LogP contribution in [0.25, 0.3) is 0 Å². The predicted molar refractivity (Wildman–Crippen MR) is 120 cm³/mol. The summed E-state index contributed by atoms with van der Waals surface area (Å²) in [4.78, 5) is 12.6. The smallest absolute Gasteiger partial charge is 0.263 e. The number of methoxy groups -OCH3 is 1. The van der Waals surface area contributed by atoms with Gasteiger partial charge in [-0.1, -0.05) is 48.9 Å². The Morgan fingerprint density at radius 2 is 1.84 bits per heavy atom. The van der Waals surface area contributed by atoms with E-state index in [1.54, 1.807) is 24.3 Å². The highest BCUT2D eigenvalue weighted by atomic mass is 32.2. The van der Waals surface area contributed by atoms with Crippen molar-refractivity contribution >= 4 is 32.4 Å². The summed E-state index contributed by atoms with van der Waals surface area (Å²) in [6.45, 7) is 6.07. The highest BCUT2D eigenvalue weighted by Crippen LogP contribution is 2.25. The number of nitrogens with one attached hydrogen (secondary N) is 2. The lowest BCUT2D eigenvalue weighted by molar-refractivity contribution is 0.0947. The lowest BCUT2D eigenvalue weighted by Gasteiger charge is -2.11. The molecule has 1 heterocycles. The number of ether oxygens (including phenoxy) is 1. The van der Waals surface area contributed by atoms with Crippen LogP contribution in [0.4, 0.5) is 5.13 Å². The van der Waals surface area contributed by atoms with Gasteiger partial charge in [0.2, 0.25) is 5.13 Å². The van der Waals surface area contributed by atoms with Crippen LogP contribution in [0.3, 0.4) is 0 Å². The average molecular weight is 461 g/mol. The Balaban J connectivity index is 1.65. The number of benzene rings is 2. The molecule has 0 aliphatic carbocycles. The van der Waals surface area contributed by atoms with Crippen LogP contribution in [0.1, 0.15) is 46.3 Å². The topological polar surface area (TPSA) is 110 Å². The lowest BCUT2D eigenvalue weighted by Crippen LogP contribution is -2.23. The molecule has 0 saturated carbocycles. The molecule has 3 rings (SSSR count). The maximum atomic E-state index is 12.6. The second-order valence-corrected chi connectivity index (χ2v) is 9.93. The molecular formula is C21H24N4O4S2. The molecule has 0 fully saturated rings. The molecule has 0 saturated heterocycles. The fourth-order valence-corrected chi connectivity index (χ4v) is 4.72. The Kier molecular flexibility index (Phi) is 6.91. The molecule has 1 amide bonds. The highest BCUT2D eigenvalue weighted by molar-refractivity contribution is 7.93. The molecule has 0 unspecified atom stereocenters. The first-order valence-electron chi connectivity index (χ1n) is 9.57. The van der Waals surface area contributed by atoms with E-state index in [1.165, 1.54) is 30.6 Å². The Hall–Kier alpha value is -2.98. The molecular weight excluding hydrogens is 436 g/mol. The fraction of sp³-hybridized carbons (Fsp3) is 0.286. The Labute approximate surface area is 185 Å². The first-order valence-corrected chi connectivity index (χ1v) is 11.9. The highest BCUT2D eigenvalue weighted by Gasteiger charge is 2.18. The number of sulfonamides is 1. The monoisotopic (exact) mass is 460 g/mol. The van der Waals surface area contributed by atoms with Gasteiger partial charge >= 0.3 is 0 Å². The number of carbonyl (C=O) groups excluding carboxylic acids is 1. The number of nitrogens with zero attached hydrogens (tertiary/aromatic N) is 2. The molecule has 8 nitrogen and oxygen atoms in total. The average Bonchev–Trinajstić information content (AvgIpc) is 3.20. The van der Waals surface area contributed by atoms with E-state index in [0.717, 1.165) is 16.1 Å². The molecule has 0 bridgehead atoms. The van der Waals surface area contributed by atoms with E-state index in [1.807, 2.05) is 26.8 Å². The molecule has 1 aromatic heterocycles. The number of hydrogen-bond donors (Lipinski definition) is 2. The number of hydrogen-bond acceptors (Lipinski definition) is 7. The van der Waals surface area contributed by atoms with Gasteiger partial charge in [-0.3, -0.25) is 9.52 Å². The summed E-state index contributed by atoms with van der Waals surface area (Å²) < 4.78 is 32.9. The van der Waals surface area contributed by atoms with Crippen LogP contribution in [-0.4, -0.2) is 31.6 Å². The van der Waals surface area contributed by atoms with E-state index >= 15 is 0 Å². The van der Waals surface area contributed by atoms with Gasteiger partial charge in [0.15, 0.2) is 0 Å². The first-order chi connectivity index (χ1) is 14.7.